The summed E-state index contributed by atoms with van der Waals surface area (Å²) in [6, 6.07) is 7.49. The topological polar surface area (TPSA) is 83.4 Å². The predicted octanol–water partition coefficient (Wildman–Crippen LogP) is 1.03. The maximum Gasteiger partial charge on any atom is 0.410 e. The summed E-state index contributed by atoms with van der Waals surface area (Å²) in [4.78, 5) is 15.1. The Labute approximate surface area is 167 Å². The first kappa shape index (κ1) is 18.8. The van der Waals surface area contributed by atoms with Gasteiger partial charge in [-0.3, -0.25) is 4.90 Å². The van der Waals surface area contributed by atoms with Crippen molar-refractivity contribution in [1.29, 1.82) is 0 Å². The predicted molar refractivity (Wildman–Crippen MR) is 99.9 cm³/mol. The normalized spacial score (nSPS) is 19.5. The van der Waals surface area contributed by atoms with E-state index in [0.29, 0.717) is 55.2 Å². The van der Waals surface area contributed by atoms with Crippen LogP contribution in [0.15, 0.2) is 28.7 Å². The SMILES string of the molecule is CCOC(=O)N1CC[NH+](Cn2nc([C@@H]3COc4ccccc4O3)oc2=S)CC1. The number of ether oxygens (including phenoxy) is 3. The number of quaternary nitrogens is 1. The number of aromatic nitrogens is 2. The van der Waals surface area contributed by atoms with Crippen LogP contribution in [0.5, 0.6) is 11.5 Å². The van der Waals surface area contributed by atoms with E-state index in [4.69, 9.17) is 30.8 Å². The Morgan fingerprint density at radius 2 is 2.07 bits per heavy atom. The molecule has 1 aromatic carbocycles. The Balaban J connectivity index is 1.37. The molecule has 1 aromatic heterocycles. The average molecular weight is 407 g/mol. The third-order valence-electron chi connectivity index (χ3n) is 4.78. The highest BCUT2D eigenvalue weighted by Crippen LogP contribution is 2.35. The molecule has 28 heavy (non-hydrogen) atoms. The van der Waals surface area contributed by atoms with Gasteiger partial charge < -0.3 is 23.5 Å². The van der Waals surface area contributed by atoms with Crippen LogP contribution in [0.3, 0.4) is 0 Å². The molecule has 1 atom stereocenters. The van der Waals surface area contributed by atoms with Crippen molar-refractivity contribution in [3.63, 3.8) is 0 Å². The number of nitrogens with one attached hydrogen (secondary N) is 1. The van der Waals surface area contributed by atoms with Crippen LogP contribution in [0.25, 0.3) is 0 Å². The van der Waals surface area contributed by atoms with Crippen LogP contribution < -0.4 is 14.4 Å². The molecule has 150 valence electrons. The van der Waals surface area contributed by atoms with Crippen molar-refractivity contribution in [3.8, 4) is 11.5 Å². The van der Waals surface area contributed by atoms with Crippen molar-refractivity contribution in [3.05, 3.63) is 35.0 Å². The minimum absolute atomic E-state index is 0.253. The van der Waals surface area contributed by atoms with E-state index in [1.165, 1.54) is 4.90 Å². The summed E-state index contributed by atoms with van der Waals surface area (Å²) in [5, 5.41) is 4.50. The molecule has 9 nitrogen and oxygen atoms in total. The van der Waals surface area contributed by atoms with E-state index < -0.39 is 6.10 Å². The molecule has 0 radical (unpaired) electrons. The Bertz CT molecular complexity index is 890. The van der Waals surface area contributed by atoms with Crippen LogP contribution in [0.1, 0.15) is 18.9 Å². The highest BCUT2D eigenvalue weighted by atomic mass is 32.1. The van der Waals surface area contributed by atoms with E-state index in [1.807, 2.05) is 31.2 Å². The number of rotatable bonds is 4. The van der Waals surface area contributed by atoms with Crippen LogP contribution in [0.4, 0.5) is 4.79 Å². The summed E-state index contributed by atoms with van der Waals surface area (Å²) in [5.74, 6) is 1.78. The minimum atomic E-state index is -0.437. The number of carbonyl (C=O) groups is 1. The van der Waals surface area contributed by atoms with Crippen molar-refractivity contribution in [2.75, 3.05) is 39.4 Å². The van der Waals surface area contributed by atoms with Crippen molar-refractivity contribution >= 4 is 18.3 Å². The standard InChI is InChI=1S/C18H22N4O5S/c1-2-24-17(23)21-9-7-20(8-10-21)12-22-18(28)27-16(19-22)15-11-25-13-5-3-4-6-14(13)26-15/h3-6,15H,2,7-12H2,1H3/p+1/t15-/m0/s1. The fraction of sp³-hybridized carbons (Fsp3) is 0.500. The molecule has 3 heterocycles. The molecule has 2 aliphatic heterocycles. The Kier molecular flexibility index (Phi) is 5.49. The number of para-hydroxylation sites is 2. The van der Waals surface area contributed by atoms with Gasteiger partial charge in [-0.1, -0.05) is 12.1 Å². The lowest BCUT2D eigenvalue weighted by Crippen LogP contribution is -3.14. The Hall–Kier alpha value is -2.59. The highest BCUT2D eigenvalue weighted by molar-refractivity contribution is 7.71. The lowest BCUT2D eigenvalue weighted by Gasteiger charge is -2.31. The highest BCUT2D eigenvalue weighted by Gasteiger charge is 2.29. The van der Waals surface area contributed by atoms with Gasteiger partial charge in [0.15, 0.2) is 18.2 Å². The van der Waals surface area contributed by atoms with Gasteiger partial charge in [0, 0.05) is 0 Å². The van der Waals surface area contributed by atoms with Gasteiger partial charge in [-0.15, -0.1) is 5.10 Å². The first-order valence-electron chi connectivity index (χ1n) is 9.35. The van der Waals surface area contributed by atoms with Gasteiger partial charge in [0.1, 0.15) is 6.61 Å². The molecule has 0 bridgehead atoms. The number of benzene rings is 1. The van der Waals surface area contributed by atoms with Crippen LogP contribution in [-0.4, -0.2) is 60.2 Å². The largest absolute Gasteiger partial charge is 0.485 e. The first-order valence-corrected chi connectivity index (χ1v) is 9.76. The molecule has 0 aliphatic carbocycles. The number of nitrogens with zero attached hydrogens (tertiary/aromatic N) is 3. The summed E-state index contributed by atoms with van der Waals surface area (Å²) in [6.45, 7) is 5.95. The number of carbonyl (C=O) groups excluding carboxylic acids is 1. The zero-order valence-corrected chi connectivity index (χ0v) is 16.4. The number of amides is 1. The lowest BCUT2D eigenvalue weighted by atomic mass is 10.2. The molecule has 1 fully saturated rings. The molecular formula is C18H23N4O5S+. The van der Waals surface area contributed by atoms with Crippen LogP contribution >= 0.6 is 12.2 Å². The van der Waals surface area contributed by atoms with Crippen LogP contribution in [0, 0.1) is 4.84 Å². The van der Waals surface area contributed by atoms with E-state index in [9.17, 15) is 4.79 Å². The summed E-state index contributed by atoms with van der Waals surface area (Å²) in [5.41, 5.74) is 0. The summed E-state index contributed by atoms with van der Waals surface area (Å²) < 4.78 is 24.0. The smallest absolute Gasteiger partial charge is 0.410 e. The zero-order valence-electron chi connectivity index (χ0n) is 15.6. The van der Waals surface area contributed by atoms with E-state index in [-0.39, 0.29) is 6.09 Å². The van der Waals surface area contributed by atoms with Crippen LogP contribution in [0.2, 0.25) is 0 Å². The quantitative estimate of drug-likeness (QED) is 0.758. The van der Waals surface area contributed by atoms with Gasteiger partial charge in [0.05, 0.1) is 32.8 Å². The molecular weight excluding hydrogens is 384 g/mol. The van der Waals surface area contributed by atoms with E-state index in [0.717, 1.165) is 13.1 Å². The van der Waals surface area contributed by atoms with E-state index in [1.54, 1.807) is 9.58 Å². The van der Waals surface area contributed by atoms with Crippen molar-refractivity contribution in [1.82, 2.24) is 14.7 Å². The van der Waals surface area contributed by atoms with Gasteiger partial charge in [-0.2, -0.15) is 4.68 Å². The molecule has 1 N–H and O–H groups in total. The fourth-order valence-corrected chi connectivity index (χ4v) is 3.47. The second kappa shape index (κ2) is 8.19. The first-order chi connectivity index (χ1) is 13.6. The molecule has 2 aromatic rings. The lowest BCUT2D eigenvalue weighted by molar-refractivity contribution is -0.927. The molecule has 4 rings (SSSR count). The maximum absolute atomic E-state index is 11.8. The van der Waals surface area contributed by atoms with Gasteiger partial charge in [-0.25, -0.2) is 4.79 Å². The number of fused-ring (bicyclic) bond motifs is 1. The van der Waals surface area contributed by atoms with Gasteiger partial charge in [-0.05, 0) is 31.3 Å². The summed E-state index contributed by atoms with van der Waals surface area (Å²) >= 11 is 5.33. The molecule has 10 heteroatoms. The number of hydrogen-bond acceptors (Lipinski definition) is 7. The molecule has 0 unspecified atom stereocenters. The molecule has 1 saturated heterocycles. The zero-order chi connectivity index (χ0) is 19.5. The summed E-state index contributed by atoms with van der Waals surface area (Å²) in [6.07, 6.45) is -0.690. The van der Waals surface area contributed by atoms with E-state index >= 15 is 0 Å². The second-order valence-electron chi connectivity index (χ2n) is 6.66. The van der Waals surface area contributed by atoms with Crippen molar-refractivity contribution < 1.29 is 28.3 Å². The Morgan fingerprint density at radius 3 is 2.82 bits per heavy atom. The average Bonchev–Trinajstić information content (AvgIpc) is 3.08. The fourth-order valence-electron chi connectivity index (χ4n) is 3.28. The molecule has 0 spiro atoms. The van der Waals surface area contributed by atoms with Crippen molar-refractivity contribution in [2.45, 2.75) is 19.7 Å². The third-order valence-corrected chi connectivity index (χ3v) is 5.07. The second-order valence-corrected chi connectivity index (χ2v) is 7.01. The van der Waals surface area contributed by atoms with Crippen LogP contribution in [-0.2, 0) is 11.4 Å². The number of piperazine rings is 1. The number of hydrogen-bond donors (Lipinski definition) is 1. The third kappa shape index (κ3) is 3.97. The molecule has 1 amide bonds. The minimum Gasteiger partial charge on any atom is -0.485 e. The van der Waals surface area contributed by atoms with Gasteiger partial charge >= 0.3 is 6.09 Å². The Morgan fingerprint density at radius 1 is 1.32 bits per heavy atom. The van der Waals surface area contributed by atoms with Crippen molar-refractivity contribution in [2.24, 2.45) is 0 Å². The molecule has 2 aliphatic rings. The van der Waals surface area contributed by atoms with Gasteiger partial charge in [0.25, 0.3) is 10.7 Å². The monoisotopic (exact) mass is 407 g/mol. The molecule has 0 saturated carbocycles. The summed E-state index contributed by atoms with van der Waals surface area (Å²) in [7, 11) is 0. The van der Waals surface area contributed by atoms with E-state index in [2.05, 4.69) is 5.10 Å². The van der Waals surface area contributed by atoms with Gasteiger partial charge in [0.2, 0.25) is 6.10 Å². The maximum atomic E-state index is 11.8.